The summed E-state index contributed by atoms with van der Waals surface area (Å²) >= 11 is 5.97. The molecule has 0 aromatic heterocycles. The van der Waals surface area contributed by atoms with Crippen molar-refractivity contribution in [1.29, 1.82) is 0 Å². The summed E-state index contributed by atoms with van der Waals surface area (Å²) in [6.45, 7) is 3.83. The van der Waals surface area contributed by atoms with E-state index in [0.29, 0.717) is 16.9 Å². The smallest absolute Gasteiger partial charge is 0.300 e. The van der Waals surface area contributed by atoms with Gasteiger partial charge in [0.05, 0.1) is 23.7 Å². The van der Waals surface area contributed by atoms with Gasteiger partial charge in [-0.05, 0) is 66.9 Å². The van der Waals surface area contributed by atoms with Crippen molar-refractivity contribution in [2.45, 2.75) is 19.9 Å². The summed E-state index contributed by atoms with van der Waals surface area (Å²) in [5, 5.41) is 11.0. The summed E-state index contributed by atoms with van der Waals surface area (Å²) in [4.78, 5) is 27.6. The molecule has 1 unspecified atom stereocenters. The van der Waals surface area contributed by atoms with E-state index in [1.165, 1.54) is 24.1 Å². The molecule has 33 heavy (non-hydrogen) atoms. The highest BCUT2D eigenvalue weighted by Gasteiger charge is 2.47. The van der Waals surface area contributed by atoms with Crippen LogP contribution in [0.25, 0.3) is 5.76 Å². The molecule has 3 aromatic rings. The number of aryl methyl sites for hydroxylation is 2. The molecule has 4 rings (SSSR count). The predicted molar refractivity (Wildman–Crippen MR) is 125 cm³/mol. The van der Waals surface area contributed by atoms with Crippen molar-refractivity contribution >= 4 is 34.7 Å². The van der Waals surface area contributed by atoms with Crippen LogP contribution < -0.4 is 9.64 Å². The van der Waals surface area contributed by atoms with Gasteiger partial charge in [0.1, 0.15) is 17.3 Å². The first-order chi connectivity index (χ1) is 15.7. The highest BCUT2D eigenvalue weighted by Crippen LogP contribution is 2.43. The predicted octanol–water partition coefficient (Wildman–Crippen LogP) is 5.73. The van der Waals surface area contributed by atoms with E-state index in [2.05, 4.69) is 0 Å². The molecule has 0 radical (unpaired) electrons. The molecule has 0 bridgehead atoms. The molecule has 3 aromatic carbocycles. The van der Waals surface area contributed by atoms with Crippen LogP contribution in [0.5, 0.6) is 5.75 Å². The van der Waals surface area contributed by atoms with E-state index in [-0.39, 0.29) is 22.0 Å². The molecule has 7 heteroatoms. The Morgan fingerprint density at radius 2 is 1.79 bits per heavy atom. The number of amides is 1. The SMILES string of the molecule is COc1cccc(C2/C(=C(\O)c3ccc(C)c(C)c3)C(=O)C(=O)N2c2ccc(F)c(Cl)c2)c1. The van der Waals surface area contributed by atoms with Crippen LogP contribution in [0.3, 0.4) is 0 Å². The molecule has 1 N–H and O–H groups in total. The maximum Gasteiger partial charge on any atom is 0.300 e. The number of carbonyl (C=O) groups excluding carboxylic acids is 2. The second-order valence-electron chi connectivity index (χ2n) is 7.84. The second-order valence-corrected chi connectivity index (χ2v) is 8.25. The Bertz CT molecular complexity index is 1320. The van der Waals surface area contributed by atoms with E-state index in [1.807, 2.05) is 19.9 Å². The van der Waals surface area contributed by atoms with Crippen molar-refractivity contribution < 1.29 is 23.8 Å². The average molecular weight is 466 g/mol. The van der Waals surface area contributed by atoms with E-state index in [9.17, 15) is 19.1 Å². The number of benzene rings is 3. The van der Waals surface area contributed by atoms with Crippen molar-refractivity contribution in [3.63, 3.8) is 0 Å². The van der Waals surface area contributed by atoms with Crippen LogP contribution in [-0.2, 0) is 9.59 Å². The number of nitrogens with zero attached hydrogens (tertiary/aromatic N) is 1. The molecule has 168 valence electrons. The fraction of sp³-hybridized carbons (Fsp3) is 0.154. The lowest BCUT2D eigenvalue weighted by Crippen LogP contribution is -2.29. The Labute approximate surface area is 195 Å². The van der Waals surface area contributed by atoms with Gasteiger partial charge in [0, 0.05) is 11.3 Å². The van der Waals surface area contributed by atoms with Gasteiger partial charge >= 0.3 is 0 Å². The maximum atomic E-state index is 13.8. The highest BCUT2D eigenvalue weighted by atomic mass is 35.5. The molecule has 0 spiro atoms. The summed E-state index contributed by atoms with van der Waals surface area (Å²) in [5.74, 6) is -2.12. The van der Waals surface area contributed by atoms with Gasteiger partial charge in [-0.1, -0.05) is 35.9 Å². The summed E-state index contributed by atoms with van der Waals surface area (Å²) in [6.07, 6.45) is 0. The number of aliphatic hydroxyl groups excluding tert-OH is 1. The molecule has 1 amide bonds. The topological polar surface area (TPSA) is 66.8 Å². The number of Topliss-reactive ketones (excluding diaryl/α,β-unsaturated/α-hetero) is 1. The third kappa shape index (κ3) is 3.98. The summed E-state index contributed by atoms with van der Waals surface area (Å²) in [7, 11) is 1.50. The van der Waals surface area contributed by atoms with Crippen molar-refractivity contribution in [2.24, 2.45) is 0 Å². The number of hydrogen-bond acceptors (Lipinski definition) is 4. The summed E-state index contributed by atoms with van der Waals surface area (Å²) < 4.78 is 19.1. The third-order valence-corrected chi connectivity index (χ3v) is 6.11. The number of aliphatic hydroxyl groups is 1. The van der Waals surface area contributed by atoms with Crippen LogP contribution in [0.2, 0.25) is 5.02 Å². The van der Waals surface area contributed by atoms with E-state index in [1.54, 1.807) is 36.4 Å². The van der Waals surface area contributed by atoms with Gasteiger partial charge in [0.25, 0.3) is 11.7 Å². The average Bonchev–Trinajstić information content (AvgIpc) is 3.07. The Hall–Kier alpha value is -3.64. The van der Waals surface area contributed by atoms with E-state index >= 15 is 0 Å². The minimum Gasteiger partial charge on any atom is -0.507 e. The summed E-state index contributed by atoms with van der Waals surface area (Å²) in [5.41, 5.74) is 3.07. The molecular weight excluding hydrogens is 445 g/mol. The number of carbonyl (C=O) groups is 2. The minimum atomic E-state index is -0.969. The number of ether oxygens (including phenoxy) is 1. The Morgan fingerprint density at radius 1 is 1.03 bits per heavy atom. The Morgan fingerprint density at radius 3 is 2.45 bits per heavy atom. The van der Waals surface area contributed by atoms with E-state index in [0.717, 1.165) is 17.2 Å². The molecule has 1 heterocycles. The number of ketones is 1. The van der Waals surface area contributed by atoms with Crippen LogP contribution >= 0.6 is 11.6 Å². The van der Waals surface area contributed by atoms with Crippen LogP contribution in [0.4, 0.5) is 10.1 Å². The van der Waals surface area contributed by atoms with Crippen LogP contribution in [0.1, 0.15) is 28.3 Å². The zero-order chi connectivity index (χ0) is 23.9. The lowest BCUT2D eigenvalue weighted by Gasteiger charge is -2.26. The monoisotopic (exact) mass is 465 g/mol. The van der Waals surface area contributed by atoms with Gasteiger partial charge in [-0.25, -0.2) is 4.39 Å². The number of rotatable bonds is 4. The lowest BCUT2D eigenvalue weighted by atomic mass is 9.94. The van der Waals surface area contributed by atoms with Gasteiger partial charge in [0.2, 0.25) is 0 Å². The molecule has 5 nitrogen and oxygen atoms in total. The third-order valence-electron chi connectivity index (χ3n) is 5.82. The number of halogens is 2. The van der Waals surface area contributed by atoms with Crippen LogP contribution in [0.15, 0.2) is 66.2 Å². The molecule has 0 aliphatic carbocycles. The number of methoxy groups -OCH3 is 1. The Kier molecular flexibility index (Phi) is 5.95. The van der Waals surface area contributed by atoms with Gasteiger partial charge in [-0.3, -0.25) is 14.5 Å². The standard InChI is InChI=1S/C26H21ClFNO4/c1-14-7-8-17(11-15(14)2)24(30)22-23(16-5-4-6-19(12-16)33-3)29(26(32)25(22)31)18-9-10-21(28)20(27)13-18/h4-13,23,30H,1-3H3/b24-22+. The van der Waals surface area contributed by atoms with Crippen LogP contribution in [-0.4, -0.2) is 23.9 Å². The van der Waals surface area contributed by atoms with Gasteiger partial charge in [-0.2, -0.15) is 0 Å². The number of hydrogen-bond donors (Lipinski definition) is 1. The van der Waals surface area contributed by atoms with Gasteiger partial charge < -0.3 is 9.84 Å². The lowest BCUT2D eigenvalue weighted by molar-refractivity contribution is -0.132. The van der Waals surface area contributed by atoms with Crippen LogP contribution in [0, 0.1) is 19.7 Å². The fourth-order valence-electron chi connectivity index (χ4n) is 3.90. The largest absolute Gasteiger partial charge is 0.507 e. The first kappa shape index (κ1) is 22.6. The Balaban J connectivity index is 1.97. The molecular formula is C26H21ClFNO4. The molecule has 1 fully saturated rings. The first-order valence-corrected chi connectivity index (χ1v) is 10.6. The van der Waals surface area contributed by atoms with Gasteiger partial charge in [0.15, 0.2) is 0 Å². The van der Waals surface area contributed by atoms with Gasteiger partial charge in [-0.15, -0.1) is 0 Å². The summed E-state index contributed by atoms with van der Waals surface area (Å²) in [6, 6.07) is 15.0. The second kappa shape index (κ2) is 8.71. The van der Waals surface area contributed by atoms with Crippen molar-refractivity contribution in [2.75, 3.05) is 12.0 Å². The molecule has 1 atom stereocenters. The zero-order valence-electron chi connectivity index (χ0n) is 18.2. The molecule has 1 aliphatic rings. The first-order valence-electron chi connectivity index (χ1n) is 10.2. The molecule has 0 saturated carbocycles. The quantitative estimate of drug-likeness (QED) is 0.303. The molecule has 1 aliphatic heterocycles. The van der Waals surface area contributed by atoms with E-state index < -0.39 is 23.5 Å². The van der Waals surface area contributed by atoms with Crippen molar-refractivity contribution in [3.8, 4) is 5.75 Å². The molecule has 1 saturated heterocycles. The fourth-order valence-corrected chi connectivity index (χ4v) is 4.08. The van der Waals surface area contributed by atoms with Crippen molar-refractivity contribution in [3.05, 3.63) is 99.3 Å². The maximum absolute atomic E-state index is 13.8. The minimum absolute atomic E-state index is 0.0723. The zero-order valence-corrected chi connectivity index (χ0v) is 19.0. The van der Waals surface area contributed by atoms with E-state index in [4.69, 9.17) is 16.3 Å². The van der Waals surface area contributed by atoms with Crippen molar-refractivity contribution in [1.82, 2.24) is 0 Å². The highest BCUT2D eigenvalue weighted by molar-refractivity contribution is 6.51. The normalized spacial score (nSPS) is 17.5. The number of anilines is 1.